The average molecular weight is 363 g/mol. The van der Waals surface area contributed by atoms with Crippen LogP contribution in [0.4, 0.5) is 11.4 Å². The second-order valence-corrected chi connectivity index (χ2v) is 7.03. The number of non-ortho nitro benzene ring substituents is 1. The molecule has 2 rings (SSSR count). The Morgan fingerprint density at radius 2 is 1.76 bits per heavy atom. The zero-order valence-corrected chi connectivity index (χ0v) is 14.2. The third-order valence-electron chi connectivity index (χ3n) is 3.42. The van der Waals surface area contributed by atoms with Crippen molar-refractivity contribution in [2.24, 2.45) is 0 Å². The van der Waals surface area contributed by atoms with Gasteiger partial charge in [-0.3, -0.25) is 14.9 Å². The molecule has 0 atom stereocenters. The Labute approximate surface area is 145 Å². The normalized spacial score (nSPS) is 11.1. The van der Waals surface area contributed by atoms with Gasteiger partial charge in [0.2, 0.25) is 15.9 Å². The summed E-state index contributed by atoms with van der Waals surface area (Å²) >= 11 is 0. The van der Waals surface area contributed by atoms with Crippen molar-refractivity contribution in [1.82, 2.24) is 4.72 Å². The van der Waals surface area contributed by atoms with Gasteiger partial charge in [-0.05, 0) is 30.7 Å². The summed E-state index contributed by atoms with van der Waals surface area (Å²) in [5.74, 6) is -0.319. The van der Waals surface area contributed by atoms with Gasteiger partial charge in [-0.1, -0.05) is 18.2 Å². The molecule has 0 aliphatic carbocycles. The Hall–Kier alpha value is -2.78. The minimum absolute atomic E-state index is 0.0411. The molecule has 0 aromatic heterocycles. The maximum atomic E-state index is 12.1. The van der Waals surface area contributed by atoms with Crippen LogP contribution in [0.25, 0.3) is 0 Å². The van der Waals surface area contributed by atoms with Crippen molar-refractivity contribution in [3.8, 4) is 0 Å². The van der Waals surface area contributed by atoms with Gasteiger partial charge in [-0.2, -0.15) is 0 Å². The molecule has 2 aromatic rings. The van der Waals surface area contributed by atoms with E-state index in [-0.39, 0.29) is 29.5 Å². The van der Waals surface area contributed by atoms with Crippen LogP contribution in [-0.2, 0) is 14.8 Å². The number of nitro groups is 1. The molecule has 2 N–H and O–H groups in total. The molecule has 0 spiro atoms. The number of aryl methyl sites for hydroxylation is 1. The lowest BCUT2D eigenvalue weighted by atomic mass is 10.2. The van der Waals surface area contributed by atoms with Crippen LogP contribution in [-0.4, -0.2) is 25.8 Å². The molecule has 0 aliphatic rings. The molecule has 0 unspecified atom stereocenters. The summed E-state index contributed by atoms with van der Waals surface area (Å²) in [5.41, 5.74) is 1.38. The Morgan fingerprint density at radius 1 is 1.12 bits per heavy atom. The lowest BCUT2D eigenvalue weighted by Gasteiger charge is -2.09. The van der Waals surface area contributed by atoms with Crippen LogP contribution < -0.4 is 10.0 Å². The van der Waals surface area contributed by atoms with Gasteiger partial charge in [0.15, 0.2) is 0 Å². The van der Waals surface area contributed by atoms with E-state index < -0.39 is 14.9 Å². The zero-order chi connectivity index (χ0) is 18.4. The number of rotatable bonds is 7. The molecule has 0 fully saturated rings. The first-order valence-corrected chi connectivity index (χ1v) is 8.87. The van der Waals surface area contributed by atoms with Gasteiger partial charge in [-0.15, -0.1) is 0 Å². The van der Waals surface area contributed by atoms with Gasteiger partial charge in [-0.25, -0.2) is 13.1 Å². The largest absolute Gasteiger partial charge is 0.326 e. The molecular weight excluding hydrogens is 346 g/mol. The van der Waals surface area contributed by atoms with E-state index in [4.69, 9.17) is 0 Å². The fourth-order valence-corrected chi connectivity index (χ4v) is 3.09. The number of amides is 1. The number of sulfonamides is 1. The van der Waals surface area contributed by atoms with Crippen molar-refractivity contribution in [3.63, 3.8) is 0 Å². The van der Waals surface area contributed by atoms with Crippen LogP contribution in [0.5, 0.6) is 0 Å². The second kappa shape index (κ2) is 7.86. The monoisotopic (exact) mass is 363 g/mol. The lowest BCUT2D eigenvalue weighted by Crippen LogP contribution is -2.28. The molecule has 132 valence electrons. The van der Waals surface area contributed by atoms with Gasteiger partial charge in [0.1, 0.15) is 0 Å². The predicted molar refractivity (Wildman–Crippen MR) is 92.7 cm³/mol. The number of carbonyl (C=O) groups is 1. The molecular formula is C16H17N3O5S. The smallest absolute Gasteiger partial charge is 0.269 e. The van der Waals surface area contributed by atoms with Crippen molar-refractivity contribution in [2.75, 3.05) is 11.9 Å². The SMILES string of the molecule is Cc1ccccc1NC(=O)CCNS(=O)(=O)c1ccc([N+](=O)[O-])cc1. The summed E-state index contributed by atoms with van der Waals surface area (Å²) in [6.07, 6.45) is -0.0411. The number of nitro benzene ring substituents is 1. The van der Waals surface area contributed by atoms with Crippen LogP contribution in [0.1, 0.15) is 12.0 Å². The molecule has 2 aromatic carbocycles. The van der Waals surface area contributed by atoms with Crippen molar-refractivity contribution in [1.29, 1.82) is 0 Å². The summed E-state index contributed by atoms with van der Waals surface area (Å²) in [4.78, 5) is 21.8. The summed E-state index contributed by atoms with van der Waals surface area (Å²) in [7, 11) is -3.83. The molecule has 0 saturated carbocycles. The fourth-order valence-electron chi connectivity index (χ4n) is 2.06. The molecule has 0 heterocycles. The lowest BCUT2D eigenvalue weighted by molar-refractivity contribution is -0.384. The van der Waals surface area contributed by atoms with Crippen LogP contribution in [0, 0.1) is 17.0 Å². The predicted octanol–water partition coefficient (Wildman–Crippen LogP) is 2.21. The minimum atomic E-state index is -3.83. The molecule has 1 amide bonds. The first-order valence-electron chi connectivity index (χ1n) is 7.39. The number of hydrogen-bond acceptors (Lipinski definition) is 5. The topological polar surface area (TPSA) is 118 Å². The Kier molecular flexibility index (Phi) is 5.84. The van der Waals surface area contributed by atoms with Gasteiger partial charge in [0.25, 0.3) is 5.69 Å². The van der Waals surface area contributed by atoms with E-state index in [1.54, 1.807) is 12.1 Å². The Morgan fingerprint density at radius 3 is 2.36 bits per heavy atom. The van der Waals surface area contributed by atoms with E-state index in [0.29, 0.717) is 5.69 Å². The third-order valence-corrected chi connectivity index (χ3v) is 4.90. The number of benzene rings is 2. The number of nitrogens with zero attached hydrogens (tertiary/aromatic N) is 1. The van der Waals surface area contributed by atoms with Crippen molar-refractivity contribution < 1.29 is 18.1 Å². The molecule has 0 saturated heterocycles. The zero-order valence-electron chi connectivity index (χ0n) is 13.4. The van der Waals surface area contributed by atoms with Gasteiger partial charge < -0.3 is 5.32 Å². The highest BCUT2D eigenvalue weighted by Gasteiger charge is 2.16. The van der Waals surface area contributed by atoms with E-state index >= 15 is 0 Å². The molecule has 25 heavy (non-hydrogen) atoms. The van der Waals surface area contributed by atoms with Gasteiger partial charge in [0, 0.05) is 30.8 Å². The Balaban J connectivity index is 1.90. The van der Waals surface area contributed by atoms with Gasteiger partial charge >= 0.3 is 0 Å². The molecule has 9 heteroatoms. The van der Waals surface area contributed by atoms with Crippen LogP contribution in [0.3, 0.4) is 0 Å². The summed E-state index contributed by atoms with van der Waals surface area (Å²) < 4.78 is 26.5. The number of carbonyl (C=O) groups excluding carboxylic acids is 1. The minimum Gasteiger partial charge on any atom is -0.326 e. The van der Waals surface area contributed by atoms with Crippen molar-refractivity contribution in [2.45, 2.75) is 18.2 Å². The fraction of sp³-hybridized carbons (Fsp3) is 0.188. The maximum absolute atomic E-state index is 12.1. The van der Waals surface area contributed by atoms with E-state index in [1.807, 2.05) is 19.1 Å². The number of anilines is 1. The number of nitrogens with one attached hydrogen (secondary N) is 2. The van der Waals surface area contributed by atoms with E-state index in [9.17, 15) is 23.3 Å². The van der Waals surface area contributed by atoms with Crippen LogP contribution in [0.15, 0.2) is 53.4 Å². The summed E-state index contributed by atoms with van der Waals surface area (Å²) in [6, 6.07) is 11.8. The molecule has 0 bridgehead atoms. The van der Waals surface area contributed by atoms with Crippen molar-refractivity contribution >= 4 is 27.3 Å². The first kappa shape index (κ1) is 18.6. The highest BCUT2D eigenvalue weighted by atomic mass is 32.2. The van der Waals surface area contributed by atoms with E-state index in [1.165, 1.54) is 0 Å². The van der Waals surface area contributed by atoms with E-state index in [2.05, 4.69) is 10.0 Å². The summed E-state index contributed by atoms with van der Waals surface area (Å²) in [5, 5.41) is 13.3. The third kappa shape index (κ3) is 5.10. The standard InChI is InChI=1S/C16H17N3O5S/c1-12-4-2-3-5-15(12)18-16(20)10-11-17-25(23,24)14-8-6-13(7-9-14)19(21)22/h2-9,17H,10-11H2,1H3,(H,18,20). The molecule has 0 aliphatic heterocycles. The van der Waals surface area contributed by atoms with Crippen molar-refractivity contribution in [3.05, 3.63) is 64.2 Å². The van der Waals surface area contributed by atoms with Crippen LogP contribution >= 0.6 is 0 Å². The first-order chi connectivity index (χ1) is 11.8. The highest BCUT2D eigenvalue weighted by Crippen LogP contribution is 2.16. The van der Waals surface area contributed by atoms with E-state index in [0.717, 1.165) is 29.8 Å². The quantitative estimate of drug-likeness (QED) is 0.577. The number of para-hydroxylation sites is 1. The summed E-state index contributed by atoms with van der Waals surface area (Å²) in [6.45, 7) is 1.77. The molecule has 0 radical (unpaired) electrons. The average Bonchev–Trinajstić information content (AvgIpc) is 2.57. The second-order valence-electron chi connectivity index (χ2n) is 5.26. The number of hydrogen-bond donors (Lipinski definition) is 2. The van der Waals surface area contributed by atoms with Crippen LogP contribution in [0.2, 0.25) is 0 Å². The van der Waals surface area contributed by atoms with Gasteiger partial charge in [0.05, 0.1) is 9.82 Å². The highest BCUT2D eigenvalue weighted by molar-refractivity contribution is 7.89. The Bertz CT molecular complexity index is 879. The maximum Gasteiger partial charge on any atom is 0.269 e. The molecule has 8 nitrogen and oxygen atoms in total.